The summed E-state index contributed by atoms with van der Waals surface area (Å²) in [5.74, 6) is -1.21. The van der Waals surface area contributed by atoms with Crippen LogP contribution in [0.3, 0.4) is 0 Å². The van der Waals surface area contributed by atoms with Crippen LogP contribution in [0.4, 0.5) is 0 Å². The van der Waals surface area contributed by atoms with E-state index in [1.54, 1.807) is 35.3 Å². The lowest BCUT2D eigenvalue weighted by Crippen LogP contribution is -2.14. The lowest BCUT2D eigenvalue weighted by atomic mass is 9.98. The smallest absolute Gasteiger partial charge is 0.189 e. The number of para-hydroxylation sites is 2. The monoisotopic (exact) mass is 344 g/mol. The van der Waals surface area contributed by atoms with Crippen LogP contribution in [0.15, 0.2) is 67.0 Å². The van der Waals surface area contributed by atoms with Gasteiger partial charge in [0.1, 0.15) is 5.01 Å². The molecule has 2 aromatic carbocycles. The first kappa shape index (κ1) is 15.2. The van der Waals surface area contributed by atoms with E-state index in [1.165, 1.54) is 11.3 Å². The van der Waals surface area contributed by atoms with Gasteiger partial charge in [0.05, 0.1) is 22.0 Å². The van der Waals surface area contributed by atoms with Crippen LogP contribution in [0.5, 0.6) is 0 Å². The van der Waals surface area contributed by atoms with Crippen molar-refractivity contribution in [2.45, 2.75) is 5.92 Å². The number of hydrogen-bond acceptors (Lipinski definition) is 5. The molecular weight excluding hydrogens is 332 g/mol. The van der Waals surface area contributed by atoms with E-state index < -0.39 is 5.92 Å². The minimum atomic E-state index is -0.936. The Morgan fingerprint density at radius 1 is 1.12 bits per heavy atom. The Labute approximate surface area is 147 Å². The fourth-order valence-corrected chi connectivity index (χ4v) is 3.70. The quantitative estimate of drug-likeness (QED) is 0.525. The maximum atomic E-state index is 13.1. The zero-order chi connectivity index (χ0) is 17.2. The molecule has 0 aliphatic carbocycles. The lowest BCUT2D eigenvalue weighted by molar-refractivity contribution is 0.0978. The van der Waals surface area contributed by atoms with Crippen molar-refractivity contribution in [1.82, 2.24) is 14.8 Å². The summed E-state index contributed by atoms with van der Waals surface area (Å²) in [4.78, 5) is 17.5. The zero-order valence-corrected chi connectivity index (χ0v) is 13.9. The number of thiazole rings is 1. The van der Waals surface area contributed by atoms with Crippen molar-refractivity contribution in [2.24, 2.45) is 0 Å². The predicted octanol–water partition coefficient (Wildman–Crippen LogP) is 3.97. The van der Waals surface area contributed by atoms with E-state index in [2.05, 4.69) is 16.2 Å². The molecule has 6 heteroatoms. The maximum absolute atomic E-state index is 13.1. The molecule has 0 aliphatic rings. The van der Waals surface area contributed by atoms with E-state index >= 15 is 0 Å². The number of nitrogens with zero attached hydrogens (tertiary/aromatic N) is 4. The van der Waals surface area contributed by atoms with Crippen LogP contribution in [0, 0.1) is 11.3 Å². The topological polar surface area (TPSA) is 71.6 Å². The number of aromatic nitrogens is 3. The van der Waals surface area contributed by atoms with Crippen LogP contribution in [-0.2, 0) is 0 Å². The number of rotatable bonds is 4. The second-order valence-corrected chi connectivity index (χ2v) is 6.48. The van der Waals surface area contributed by atoms with Crippen molar-refractivity contribution >= 4 is 27.3 Å². The molecule has 0 bridgehead atoms. The zero-order valence-electron chi connectivity index (χ0n) is 13.0. The van der Waals surface area contributed by atoms with E-state index in [-0.39, 0.29) is 5.78 Å². The molecule has 2 heterocycles. The van der Waals surface area contributed by atoms with Gasteiger partial charge in [0.25, 0.3) is 0 Å². The third-order valence-electron chi connectivity index (χ3n) is 3.87. The van der Waals surface area contributed by atoms with E-state index in [9.17, 15) is 10.1 Å². The van der Waals surface area contributed by atoms with Crippen molar-refractivity contribution < 1.29 is 4.79 Å². The molecule has 0 N–H and O–H groups in total. The van der Waals surface area contributed by atoms with E-state index in [0.717, 1.165) is 10.2 Å². The average molecular weight is 344 g/mol. The summed E-state index contributed by atoms with van der Waals surface area (Å²) in [6.07, 6.45) is 3.42. The summed E-state index contributed by atoms with van der Waals surface area (Å²) >= 11 is 1.38. The second kappa shape index (κ2) is 6.30. The van der Waals surface area contributed by atoms with Crippen molar-refractivity contribution in [1.29, 1.82) is 5.26 Å². The first-order valence-electron chi connectivity index (χ1n) is 7.66. The van der Waals surface area contributed by atoms with Gasteiger partial charge in [-0.15, -0.1) is 11.3 Å². The van der Waals surface area contributed by atoms with Gasteiger partial charge >= 0.3 is 0 Å². The highest BCUT2D eigenvalue weighted by Crippen LogP contribution is 2.30. The van der Waals surface area contributed by atoms with Crippen molar-refractivity contribution in [2.75, 3.05) is 0 Å². The minimum absolute atomic E-state index is 0.271. The first-order chi connectivity index (χ1) is 12.3. The molecule has 0 radical (unpaired) electrons. The molecule has 4 aromatic rings. The predicted molar refractivity (Wildman–Crippen MR) is 95.9 cm³/mol. The summed E-state index contributed by atoms with van der Waals surface area (Å²) in [5.41, 5.74) is 1.91. The molecule has 0 amide bonds. The van der Waals surface area contributed by atoms with Crippen LogP contribution in [0.25, 0.3) is 15.9 Å². The van der Waals surface area contributed by atoms with E-state index in [4.69, 9.17) is 0 Å². The Morgan fingerprint density at radius 3 is 2.68 bits per heavy atom. The highest BCUT2D eigenvalue weighted by atomic mass is 32.1. The Morgan fingerprint density at radius 2 is 1.92 bits per heavy atom. The molecule has 1 atom stereocenters. The Bertz CT molecular complexity index is 1060. The summed E-state index contributed by atoms with van der Waals surface area (Å²) < 4.78 is 2.59. The number of nitriles is 1. The average Bonchev–Trinajstić information content (AvgIpc) is 3.32. The maximum Gasteiger partial charge on any atom is 0.189 e. The normalized spacial score (nSPS) is 12.0. The molecule has 2 aromatic heterocycles. The van der Waals surface area contributed by atoms with E-state index in [1.807, 2.05) is 36.4 Å². The molecule has 0 fully saturated rings. The van der Waals surface area contributed by atoms with Gasteiger partial charge in [-0.25, -0.2) is 9.67 Å². The van der Waals surface area contributed by atoms with Gasteiger partial charge in [0.15, 0.2) is 11.7 Å². The van der Waals surface area contributed by atoms with Crippen molar-refractivity contribution in [3.05, 3.63) is 77.6 Å². The van der Waals surface area contributed by atoms with Gasteiger partial charge in [-0.1, -0.05) is 24.3 Å². The fourth-order valence-electron chi connectivity index (χ4n) is 2.69. The third kappa shape index (κ3) is 2.71. The summed E-state index contributed by atoms with van der Waals surface area (Å²) in [7, 11) is 0. The highest BCUT2D eigenvalue weighted by molar-refractivity contribution is 7.18. The SMILES string of the molecule is N#C[C@@H](C(=O)c1ccccc1-n1cccn1)c1nc2ccccc2s1. The standard InChI is InChI=1S/C19H12N4OS/c20-12-14(19-22-15-7-2-4-9-17(15)25-19)18(24)13-6-1-3-8-16(13)23-11-5-10-21-23/h1-11,14H/t14-/m0/s1. The Hall–Kier alpha value is -3.30. The van der Waals surface area contributed by atoms with Crippen LogP contribution in [0.2, 0.25) is 0 Å². The minimum Gasteiger partial charge on any atom is -0.292 e. The summed E-state index contributed by atoms with van der Waals surface area (Å²) in [6.45, 7) is 0. The molecule has 0 unspecified atom stereocenters. The number of carbonyl (C=O) groups excluding carboxylic acids is 1. The molecule has 0 saturated heterocycles. The Balaban J connectivity index is 1.78. The molecule has 4 rings (SSSR count). The summed E-state index contributed by atoms with van der Waals surface area (Å²) in [5, 5.41) is 14.3. The highest BCUT2D eigenvalue weighted by Gasteiger charge is 2.27. The molecule has 0 saturated carbocycles. The van der Waals surface area contributed by atoms with Crippen LogP contribution in [-0.4, -0.2) is 20.5 Å². The number of ketones is 1. The summed E-state index contributed by atoms with van der Waals surface area (Å²) in [6, 6.07) is 18.7. The second-order valence-electron chi connectivity index (χ2n) is 5.41. The van der Waals surface area contributed by atoms with Gasteiger partial charge in [0, 0.05) is 18.0 Å². The van der Waals surface area contributed by atoms with Crippen LogP contribution < -0.4 is 0 Å². The molecular formula is C19H12N4OS. The Kier molecular flexibility index (Phi) is 3.84. The molecule has 25 heavy (non-hydrogen) atoms. The largest absolute Gasteiger partial charge is 0.292 e. The van der Waals surface area contributed by atoms with Crippen LogP contribution >= 0.6 is 11.3 Å². The van der Waals surface area contributed by atoms with Gasteiger partial charge in [-0.2, -0.15) is 10.4 Å². The van der Waals surface area contributed by atoms with Crippen molar-refractivity contribution in [3.8, 4) is 11.8 Å². The van der Waals surface area contributed by atoms with Gasteiger partial charge in [-0.05, 0) is 30.3 Å². The number of Topliss-reactive ketones (excluding diaryl/α,β-unsaturated/α-hetero) is 1. The molecule has 120 valence electrons. The number of benzene rings is 2. The van der Waals surface area contributed by atoms with Gasteiger partial charge in [-0.3, -0.25) is 4.79 Å². The molecule has 0 spiro atoms. The van der Waals surface area contributed by atoms with Gasteiger partial charge in [0.2, 0.25) is 0 Å². The number of fused-ring (bicyclic) bond motifs is 1. The fraction of sp³-hybridized carbons (Fsp3) is 0.0526. The number of hydrogen-bond donors (Lipinski definition) is 0. The van der Waals surface area contributed by atoms with Gasteiger partial charge < -0.3 is 0 Å². The molecule has 0 aliphatic heterocycles. The first-order valence-corrected chi connectivity index (χ1v) is 8.48. The molecule has 5 nitrogen and oxygen atoms in total. The lowest BCUT2D eigenvalue weighted by Gasteiger charge is -2.10. The van der Waals surface area contributed by atoms with Crippen molar-refractivity contribution in [3.63, 3.8) is 0 Å². The van der Waals surface area contributed by atoms with Crippen LogP contribution in [0.1, 0.15) is 21.3 Å². The van der Waals surface area contributed by atoms with E-state index in [0.29, 0.717) is 16.3 Å². The third-order valence-corrected chi connectivity index (χ3v) is 4.97. The number of carbonyl (C=O) groups is 1.